The minimum atomic E-state index is -1.73. The van der Waals surface area contributed by atoms with Gasteiger partial charge >= 0.3 is 5.97 Å². The van der Waals surface area contributed by atoms with E-state index in [1.54, 1.807) is 13.8 Å². The first-order valence-electron chi connectivity index (χ1n) is 5.44. The molecule has 2 nitrogen and oxygen atoms in total. The molecule has 0 radical (unpaired) electrons. The van der Waals surface area contributed by atoms with Crippen LogP contribution >= 0.6 is 0 Å². The molecule has 5 heteroatoms. The molecule has 0 saturated heterocycles. The van der Waals surface area contributed by atoms with Gasteiger partial charge in [-0.2, -0.15) is 0 Å². The lowest BCUT2D eigenvalue weighted by Crippen LogP contribution is -2.26. The van der Waals surface area contributed by atoms with Gasteiger partial charge in [0.2, 0.25) is 0 Å². The van der Waals surface area contributed by atoms with Crippen LogP contribution in [0.3, 0.4) is 0 Å². The van der Waals surface area contributed by atoms with E-state index in [9.17, 15) is 18.0 Å². The Morgan fingerprint density at radius 2 is 1.76 bits per heavy atom. The Morgan fingerprint density at radius 3 is 2.06 bits per heavy atom. The Morgan fingerprint density at radius 1 is 1.29 bits per heavy atom. The molecule has 0 unspecified atom stereocenters. The number of hydrogen-bond acceptors (Lipinski definition) is 1. The van der Waals surface area contributed by atoms with E-state index in [1.807, 2.05) is 0 Å². The maximum absolute atomic E-state index is 12.6. The van der Waals surface area contributed by atoms with Crippen molar-refractivity contribution < 1.29 is 23.1 Å². The number of alkyl halides is 3. The van der Waals surface area contributed by atoms with Gasteiger partial charge in [-0.3, -0.25) is 4.79 Å². The Kier molecular flexibility index (Phi) is 3.89. The molecule has 98 valence electrons. The van der Waals surface area contributed by atoms with Gasteiger partial charge in [0, 0.05) is 0 Å². The van der Waals surface area contributed by atoms with Gasteiger partial charge in [-0.25, -0.2) is 13.2 Å². The third kappa shape index (κ3) is 2.48. The third-order valence-electron chi connectivity index (χ3n) is 3.63. The molecule has 1 fully saturated rings. The lowest BCUT2D eigenvalue weighted by molar-refractivity contribution is -0.139. The summed E-state index contributed by atoms with van der Waals surface area (Å²) in [6.45, 7) is 0.162. The molecule has 0 aliphatic heterocycles. The lowest BCUT2D eigenvalue weighted by Gasteiger charge is -2.19. The first-order valence-corrected chi connectivity index (χ1v) is 5.44. The third-order valence-corrected chi connectivity index (χ3v) is 3.63. The molecule has 0 aromatic carbocycles. The summed E-state index contributed by atoms with van der Waals surface area (Å²) in [6.07, 6.45) is 2.60. The number of aliphatic carboxylic acids is 1. The smallest absolute Gasteiger partial charge is 0.307 e. The van der Waals surface area contributed by atoms with Gasteiger partial charge in [0.25, 0.3) is 0 Å². The maximum Gasteiger partial charge on any atom is 0.307 e. The summed E-state index contributed by atoms with van der Waals surface area (Å²) in [5, 5.41) is 8.90. The summed E-state index contributed by atoms with van der Waals surface area (Å²) >= 11 is 0. The molecule has 0 spiro atoms. The number of carbonyl (C=O) groups is 1. The van der Waals surface area contributed by atoms with E-state index in [0.29, 0.717) is 0 Å². The van der Waals surface area contributed by atoms with Crippen LogP contribution in [-0.4, -0.2) is 31.1 Å². The van der Waals surface area contributed by atoms with Crippen molar-refractivity contribution in [2.45, 2.75) is 13.8 Å². The lowest BCUT2D eigenvalue weighted by atomic mass is 9.92. The van der Waals surface area contributed by atoms with Crippen molar-refractivity contribution in [2.75, 3.05) is 20.0 Å². The van der Waals surface area contributed by atoms with E-state index in [0.717, 1.165) is 6.08 Å². The molecule has 0 aromatic rings. The zero-order chi connectivity index (χ0) is 13.3. The van der Waals surface area contributed by atoms with Crippen LogP contribution in [0.25, 0.3) is 0 Å². The van der Waals surface area contributed by atoms with Crippen LogP contribution in [0.4, 0.5) is 13.2 Å². The van der Waals surface area contributed by atoms with Crippen LogP contribution < -0.4 is 0 Å². The van der Waals surface area contributed by atoms with Crippen molar-refractivity contribution in [1.82, 2.24) is 0 Å². The second kappa shape index (κ2) is 4.70. The first-order chi connectivity index (χ1) is 7.84. The standard InChI is InChI=1S/C12H17F3O2/c1-11(2)8(9(11)10(16)17)3-4-12(5-13,6-14)7-15/h3-4,8-9H,5-7H2,1-2H3,(H,16,17)/t8-,9-/m1/s1. The van der Waals surface area contributed by atoms with Crippen molar-refractivity contribution in [3.05, 3.63) is 12.2 Å². The molecule has 2 atom stereocenters. The maximum atomic E-state index is 12.6. The highest BCUT2D eigenvalue weighted by Crippen LogP contribution is 2.59. The van der Waals surface area contributed by atoms with E-state index in [2.05, 4.69) is 0 Å². The summed E-state index contributed by atoms with van der Waals surface area (Å²) in [5.74, 6) is -1.78. The summed E-state index contributed by atoms with van der Waals surface area (Å²) in [7, 11) is 0. The molecule has 1 saturated carbocycles. The zero-order valence-corrected chi connectivity index (χ0v) is 9.92. The van der Waals surface area contributed by atoms with E-state index in [1.165, 1.54) is 6.08 Å². The molecule has 1 aliphatic rings. The molecule has 1 rings (SSSR count). The van der Waals surface area contributed by atoms with Crippen molar-refractivity contribution in [2.24, 2.45) is 22.7 Å². The summed E-state index contributed by atoms with van der Waals surface area (Å²) in [4.78, 5) is 10.9. The van der Waals surface area contributed by atoms with Gasteiger partial charge in [-0.05, 0) is 11.3 Å². The highest BCUT2D eigenvalue weighted by atomic mass is 19.1. The van der Waals surface area contributed by atoms with Gasteiger partial charge in [-0.15, -0.1) is 0 Å². The van der Waals surface area contributed by atoms with Gasteiger partial charge in [0.15, 0.2) is 0 Å². The van der Waals surface area contributed by atoms with Crippen LogP contribution in [0, 0.1) is 22.7 Å². The quantitative estimate of drug-likeness (QED) is 0.736. The van der Waals surface area contributed by atoms with E-state index in [-0.39, 0.29) is 5.92 Å². The van der Waals surface area contributed by atoms with E-state index in [4.69, 9.17) is 5.11 Å². The predicted octanol–water partition coefficient (Wildman–Crippen LogP) is 2.79. The van der Waals surface area contributed by atoms with E-state index < -0.39 is 42.7 Å². The highest BCUT2D eigenvalue weighted by molar-refractivity contribution is 5.76. The SMILES string of the molecule is CC1(C)[C@H](C=CC(CF)(CF)CF)[C@@H]1C(=O)O. The Balaban J connectivity index is 2.76. The molecular weight excluding hydrogens is 233 g/mol. The Labute approximate surface area is 98.5 Å². The molecule has 17 heavy (non-hydrogen) atoms. The van der Waals surface area contributed by atoms with Crippen LogP contribution in [0.15, 0.2) is 12.2 Å². The Bertz CT molecular complexity index is 313. The van der Waals surface area contributed by atoms with Crippen LogP contribution in [0.5, 0.6) is 0 Å². The van der Waals surface area contributed by atoms with Crippen molar-refractivity contribution >= 4 is 5.97 Å². The van der Waals surface area contributed by atoms with Crippen LogP contribution in [0.1, 0.15) is 13.8 Å². The fraction of sp³-hybridized carbons (Fsp3) is 0.750. The molecule has 0 bridgehead atoms. The number of allylic oxidation sites excluding steroid dienone is 2. The molecule has 1 aliphatic carbocycles. The van der Waals surface area contributed by atoms with Gasteiger partial charge < -0.3 is 5.11 Å². The van der Waals surface area contributed by atoms with Crippen LogP contribution in [0.2, 0.25) is 0 Å². The fourth-order valence-corrected chi connectivity index (χ4v) is 2.06. The average molecular weight is 250 g/mol. The topological polar surface area (TPSA) is 37.3 Å². The molecule has 0 aromatic heterocycles. The van der Waals surface area contributed by atoms with Gasteiger partial charge in [-0.1, -0.05) is 26.0 Å². The van der Waals surface area contributed by atoms with Crippen molar-refractivity contribution in [3.8, 4) is 0 Å². The highest BCUT2D eigenvalue weighted by Gasteiger charge is 2.60. The second-order valence-electron chi connectivity index (χ2n) is 5.29. The summed E-state index contributed by atoms with van der Waals surface area (Å²) in [6, 6.07) is 0. The molecule has 0 amide bonds. The van der Waals surface area contributed by atoms with Gasteiger partial charge in [0.1, 0.15) is 20.0 Å². The number of carboxylic acids is 1. The van der Waals surface area contributed by atoms with Crippen molar-refractivity contribution in [1.29, 1.82) is 0 Å². The monoisotopic (exact) mass is 250 g/mol. The number of hydrogen-bond donors (Lipinski definition) is 1. The average Bonchev–Trinajstić information content (AvgIpc) is 2.84. The second-order valence-corrected chi connectivity index (χ2v) is 5.29. The predicted molar refractivity (Wildman–Crippen MR) is 57.9 cm³/mol. The fourth-order valence-electron chi connectivity index (χ4n) is 2.06. The number of rotatable bonds is 6. The van der Waals surface area contributed by atoms with Crippen LogP contribution in [-0.2, 0) is 4.79 Å². The Hall–Kier alpha value is -1.00. The van der Waals surface area contributed by atoms with E-state index >= 15 is 0 Å². The summed E-state index contributed by atoms with van der Waals surface area (Å²) in [5.41, 5.74) is -2.17. The minimum absolute atomic E-state index is 0.288. The normalized spacial score (nSPS) is 27.4. The number of carboxylic acid groups (broad SMARTS) is 1. The largest absolute Gasteiger partial charge is 0.481 e. The zero-order valence-electron chi connectivity index (χ0n) is 9.92. The molecular formula is C12H17F3O2. The summed E-state index contributed by atoms with van der Waals surface area (Å²) < 4.78 is 37.8. The number of halogens is 3. The van der Waals surface area contributed by atoms with Crippen molar-refractivity contribution in [3.63, 3.8) is 0 Å². The molecule has 0 heterocycles. The van der Waals surface area contributed by atoms with Gasteiger partial charge in [0.05, 0.1) is 11.3 Å². The first kappa shape index (κ1) is 14.1. The molecule has 1 N–H and O–H groups in total. The minimum Gasteiger partial charge on any atom is -0.481 e.